The summed E-state index contributed by atoms with van der Waals surface area (Å²) in [5.41, 5.74) is 2.71. The van der Waals surface area contributed by atoms with Gasteiger partial charge < -0.3 is 21.3 Å². The number of amides is 4. The molecular formula is C47H50N6O4. The minimum absolute atomic E-state index is 0.186. The van der Waals surface area contributed by atoms with Crippen molar-refractivity contribution in [3.05, 3.63) is 119 Å². The first kappa shape index (κ1) is 37.0. The van der Waals surface area contributed by atoms with Crippen LogP contribution in [0, 0.1) is 41.4 Å². The molecule has 2 aromatic heterocycles. The molecule has 0 spiro atoms. The van der Waals surface area contributed by atoms with Crippen LogP contribution in [0.15, 0.2) is 84.9 Å². The van der Waals surface area contributed by atoms with Crippen LogP contribution in [0.25, 0.3) is 21.5 Å². The van der Waals surface area contributed by atoms with Gasteiger partial charge in [0.05, 0.1) is 0 Å². The molecule has 4 N–H and O–H groups in total. The Balaban J connectivity index is 1.09. The topological polar surface area (TPSA) is 142 Å². The van der Waals surface area contributed by atoms with E-state index in [2.05, 4.69) is 38.2 Å². The smallest absolute Gasteiger partial charge is 0.270 e. The molecule has 8 bridgehead atoms. The number of nitrogens with zero attached hydrogens (tertiary/aromatic N) is 2. The Morgan fingerprint density at radius 1 is 0.439 bits per heavy atom. The van der Waals surface area contributed by atoms with Gasteiger partial charge in [0.2, 0.25) is 0 Å². The second-order valence-corrected chi connectivity index (χ2v) is 16.7. The number of aromatic nitrogens is 2. The Labute approximate surface area is 333 Å². The van der Waals surface area contributed by atoms with Crippen LogP contribution in [-0.4, -0.2) is 46.7 Å². The van der Waals surface area contributed by atoms with Crippen LogP contribution < -0.4 is 21.3 Å². The summed E-state index contributed by atoms with van der Waals surface area (Å²) in [5, 5.41) is 16.5. The van der Waals surface area contributed by atoms with Gasteiger partial charge in [-0.2, -0.15) is 0 Å². The molecule has 3 fully saturated rings. The fourth-order valence-electron chi connectivity index (χ4n) is 11.4. The number of fused-ring (bicyclic) bond motifs is 10. The molecule has 10 heteroatoms. The number of rotatable bonds is 0. The lowest BCUT2D eigenvalue weighted by atomic mass is 9.48. The normalized spacial score (nSPS) is 27.1. The zero-order valence-electron chi connectivity index (χ0n) is 32.4. The predicted octanol–water partition coefficient (Wildman–Crippen LogP) is 7.22. The standard InChI is InChI=1S/C47H50N6O4/c1-27-11-8-18-34-37-25-50-46(56)41-21-9-19-39(52-41)44(54)48-23-35-28-12-2-4-14-30(28)36(31-15-5-3-13-29(31)35)24-49-45(55)40-20-10-22-42(53-40)47(57)51-26-38(43(27)34)33-17-7-6-16-32(33)37/h2-5,9-10,12-15,19-22,27,32-34,37-38,43H,6-8,11,16-18,23-26H2,1H3,(H,48,54)(H,49,55)(H,50,56)(H,51,57)/t27-,32-,33+,34-,37-,38?,43-/m1/s1. The van der Waals surface area contributed by atoms with Crippen LogP contribution >= 0.6 is 0 Å². The van der Waals surface area contributed by atoms with Crippen LogP contribution in [0.4, 0.5) is 0 Å². The number of nitrogens with one attached hydrogen (secondary N) is 4. The molecule has 3 saturated carbocycles. The Morgan fingerprint density at radius 3 is 1.32 bits per heavy atom. The van der Waals surface area contributed by atoms with E-state index in [4.69, 9.17) is 0 Å². The number of hydrogen-bond donors (Lipinski definition) is 4. The third-order valence-electron chi connectivity index (χ3n) is 13.8. The molecule has 3 heterocycles. The van der Waals surface area contributed by atoms with Crippen LogP contribution in [0.1, 0.15) is 105 Å². The summed E-state index contributed by atoms with van der Waals surface area (Å²) in [4.78, 5) is 64.2. The summed E-state index contributed by atoms with van der Waals surface area (Å²) < 4.78 is 0. The Bertz CT molecular complexity index is 2320. The maximum absolute atomic E-state index is 13.8. The molecule has 7 atom stereocenters. The first-order valence-electron chi connectivity index (χ1n) is 20.8. The van der Waals surface area contributed by atoms with Gasteiger partial charge in [-0.25, -0.2) is 9.97 Å². The largest absolute Gasteiger partial charge is 0.350 e. The number of pyridine rings is 2. The van der Waals surface area contributed by atoms with Gasteiger partial charge in [-0.05, 0) is 118 Å². The molecule has 0 saturated heterocycles. The van der Waals surface area contributed by atoms with Crippen molar-refractivity contribution in [3.63, 3.8) is 0 Å². The van der Waals surface area contributed by atoms with Gasteiger partial charge in [0.15, 0.2) is 0 Å². The zero-order valence-corrected chi connectivity index (χ0v) is 32.4. The number of carbonyl (C=O) groups is 4. The van der Waals surface area contributed by atoms with Gasteiger partial charge >= 0.3 is 0 Å². The first-order chi connectivity index (χ1) is 27.9. The third-order valence-corrected chi connectivity index (χ3v) is 13.8. The van der Waals surface area contributed by atoms with E-state index in [1.54, 1.807) is 36.4 Å². The van der Waals surface area contributed by atoms with Crippen molar-refractivity contribution in [2.75, 3.05) is 13.1 Å². The van der Waals surface area contributed by atoms with E-state index in [0.717, 1.165) is 64.8 Å². The third kappa shape index (κ3) is 7.04. The Morgan fingerprint density at radius 2 is 0.842 bits per heavy atom. The highest BCUT2D eigenvalue weighted by atomic mass is 16.2. The number of carbonyl (C=O) groups excluding carboxylic acids is 4. The summed E-state index contributed by atoms with van der Waals surface area (Å²) in [6.07, 6.45) is 8.01. The molecule has 1 unspecified atom stereocenters. The molecule has 292 valence electrons. The minimum Gasteiger partial charge on any atom is -0.350 e. The van der Waals surface area contributed by atoms with Gasteiger partial charge in [-0.3, -0.25) is 19.2 Å². The van der Waals surface area contributed by atoms with E-state index in [1.807, 2.05) is 48.5 Å². The lowest BCUT2D eigenvalue weighted by Gasteiger charge is -2.57. The lowest BCUT2D eigenvalue weighted by Crippen LogP contribution is -2.56. The molecule has 4 amide bonds. The summed E-state index contributed by atoms with van der Waals surface area (Å²) in [7, 11) is 0. The minimum atomic E-state index is -0.361. The maximum Gasteiger partial charge on any atom is 0.270 e. The predicted molar refractivity (Wildman–Crippen MR) is 219 cm³/mol. The molecular weight excluding hydrogens is 713 g/mol. The van der Waals surface area contributed by atoms with Gasteiger partial charge in [-0.15, -0.1) is 0 Å². The van der Waals surface area contributed by atoms with Gasteiger partial charge in [0, 0.05) is 26.2 Å². The van der Waals surface area contributed by atoms with Crippen molar-refractivity contribution < 1.29 is 19.2 Å². The van der Waals surface area contributed by atoms with Crippen molar-refractivity contribution in [1.82, 2.24) is 31.2 Å². The van der Waals surface area contributed by atoms with E-state index in [-0.39, 0.29) is 59.5 Å². The molecule has 4 aliphatic rings. The van der Waals surface area contributed by atoms with E-state index in [1.165, 1.54) is 12.8 Å². The van der Waals surface area contributed by atoms with Crippen molar-refractivity contribution in [3.8, 4) is 0 Å². The highest BCUT2D eigenvalue weighted by Gasteiger charge is 2.52. The second kappa shape index (κ2) is 15.7. The van der Waals surface area contributed by atoms with Crippen molar-refractivity contribution >= 4 is 45.2 Å². The molecule has 9 rings (SSSR count). The first-order valence-corrected chi connectivity index (χ1v) is 20.8. The van der Waals surface area contributed by atoms with E-state index in [0.29, 0.717) is 54.5 Å². The van der Waals surface area contributed by atoms with Crippen molar-refractivity contribution in [2.24, 2.45) is 41.4 Å². The monoisotopic (exact) mass is 762 g/mol. The number of benzene rings is 3. The summed E-state index contributed by atoms with van der Waals surface area (Å²) >= 11 is 0. The second-order valence-electron chi connectivity index (χ2n) is 16.7. The van der Waals surface area contributed by atoms with E-state index < -0.39 is 0 Å². The summed E-state index contributed by atoms with van der Waals surface area (Å²) in [6.45, 7) is 3.97. The van der Waals surface area contributed by atoms with Crippen molar-refractivity contribution in [2.45, 2.75) is 65.0 Å². The molecule has 3 aromatic carbocycles. The van der Waals surface area contributed by atoms with Gasteiger partial charge in [0.1, 0.15) is 22.8 Å². The fourth-order valence-corrected chi connectivity index (χ4v) is 11.4. The van der Waals surface area contributed by atoms with Crippen LogP contribution in [0.5, 0.6) is 0 Å². The average Bonchev–Trinajstić information content (AvgIpc) is 3.25. The van der Waals surface area contributed by atoms with Gasteiger partial charge in [0.25, 0.3) is 23.6 Å². The highest BCUT2D eigenvalue weighted by molar-refractivity contribution is 6.07. The van der Waals surface area contributed by atoms with Crippen LogP contribution in [0.3, 0.4) is 0 Å². The number of hydrogen-bond acceptors (Lipinski definition) is 6. The quantitative estimate of drug-likeness (QED) is 0.123. The summed E-state index contributed by atoms with van der Waals surface area (Å²) in [6, 6.07) is 26.0. The molecule has 10 nitrogen and oxygen atoms in total. The van der Waals surface area contributed by atoms with Gasteiger partial charge in [-0.1, -0.05) is 93.3 Å². The molecule has 1 aliphatic heterocycles. The Kier molecular flexibility index (Phi) is 10.2. The zero-order chi connectivity index (χ0) is 39.0. The molecule has 57 heavy (non-hydrogen) atoms. The molecule has 0 radical (unpaired) electrons. The van der Waals surface area contributed by atoms with Crippen molar-refractivity contribution in [1.29, 1.82) is 0 Å². The summed E-state index contributed by atoms with van der Waals surface area (Å²) in [5.74, 6) is 1.66. The highest BCUT2D eigenvalue weighted by Crippen LogP contribution is 2.57. The maximum atomic E-state index is 13.8. The van der Waals surface area contributed by atoms with E-state index >= 15 is 0 Å². The SMILES string of the molecule is C[C@@H]1CCC[C@@H]2[C@@H]3CNC(=O)c4cccc(n4)C(=O)NCc4c5ccccc5c(c5ccccc45)CNC(=O)c4cccc(n4)C(=O)NCC([C@@H]21)[C@H]1CCCC[C@@H]31. The molecule has 3 aliphatic carbocycles. The van der Waals surface area contributed by atoms with Crippen LogP contribution in [-0.2, 0) is 13.1 Å². The van der Waals surface area contributed by atoms with E-state index in [9.17, 15) is 19.2 Å². The van der Waals surface area contributed by atoms with Crippen LogP contribution in [0.2, 0.25) is 0 Å². The lowest BCUT2D eigenvalue weighted by molar-refractivity contribution is -0.0791. The fraction of sp³-hybridized carbons (Fsp3) is 0.404. The average molecular weight is 763 g/mol. The molecule has 5 aromatic rings. The Hall–Kier alpha value is -5.64.